The van der Waals surface area contributed by atoms with Crippen molar-refractivity contribution in [3.63, 3.8) is 0 Å². The molecule has 2 heterocycles. The first-order valence-corrected chi connectivity index (χ1v) is 8.63. The molecule has 138 valence electrons. The van der Waals surface area contributed by atoms with Crippen molar-refractivity contribution >= 4 is 23.2 Å². The van der Waals surface area contributed by atoms with Gasteiger partial charge in [-0.2, -0.15) is 13.2 Å². The van der Waals surface area contributed by atoms with E-state index in [0.29, 0.717) is 5.69 Å². The van der Waals surface area contributed by atoms with Crippen LogP contribution in [0.1, 0.15) is 22.0 Å². The molecule has 0 aromatic carbocycles. The Morgan fingerprint density at radius 1 is 1.44 bits per heavy atom. The first kappa shape index (κ1) is 19.4. The minimum absolute atomic E-state index is 0.00559. The number of nitrogens with zero attached hydrogens (tertiary/aromatic N) is 2. The maximum Gasteiger partial charge on any atom is 0.393 e. The lowest BCUT2D eigenvalue weighted by Gasteiger charge is -2.39. The summed E-state index contributed by atoms with van der Waals surface area (Å²) in [7, 11) is 0. The summed E-state index contributed by atoms with van der Waals surface area (Å²) in [5.74, 6) is -2.64. The van der Waals surface area contributed by atoms with Gasteiger partial charge in [-0.25, -0.2) is 4.98 Å². The number of hydrogen-bond acceptors (Lipinski definition) is 4. The molecule has 25 heavy (non-hydrogen) atoms. The van der Waals surface area contributed by atoms with Gasteiger partial charge in [-0.05, 0) is 26.3 Å². The van der Waals surface area contributed by atoms with Crippen molar-refractivity contribution in [2.24, 2.45) is 5.92 Å². The van der Waals surface area contributed by atoms with E-state index in [0.717, 1.165) is 16.0 Å². The van der Waals surface area contributed by atoms with Crippen molar-refractivity contribution in [3.8, 4) is 0 Å². The van der Waals surface area contributed by atoms with Crippen molar-refractivity contribution in [3.05, 3.63) is 28.2 Å². The van der Waals surface area contributed by atoms with Crippen molar-refractivity contribution in [2.45, 2.75) is 38.9 Å². The molecule has 0 spiro atoms. The lowest BCUT2D eigenvalue weighted by atomic mass is 9.90. The third kappa shape index (κ3) is 4.81. The predicted octanol–water partition coefficient (Wildman–Crippen LogP) is 2.38. The molecule has 0 saturated carbocycles. The average Bonchev–Trinajstić information content (AvgIpc) is 2.83. The number of rotatable bonds is 4. The van der Waals surface area contributed by atoms with Gasteiger partial charge in [-0.15, -0.1) is 11.3 Å². The molecule has 2 amide bonds. The SMILES string of the molecule is C=CC(=O)NC1CN(C(=O)Cc2nc(C)sc2C)CCC1C(F)(F)F. The second-order valence-corrected chi connectivity index (χ2v) is 7.42. The summed E-state index contributed by atoms with van der Waals surface area (Å²) < 4.78 is 39.6. The van der Waals surface area contributed by atoms with Gasteiger partial charge in [0, 0.05) is 18.0 Å². The Morgan fingerprint density at radius 2 is 2.12 bits per heavy atom. The molecule has 1 aliphatic rings. The number of carbonyl (C=O) groups excluding carboxylic acids is 2. The van der Waals surface area contributed by atoms with Gasteiger partial charge in [0.1, 0.15) is 0 Å². The monoisotopic (exact) mass is 375 g/mol. The molecular weight excluding hydrogens is 355 g/mol. The van der Waals surface area contributed by atoms with Crippen molar-refractivity contribution in [1.29, 1.82) is 0 Å². The number of aromatic nitrogens is 1. The van der Waals surface area contributed by atoms with Crippen LogP contribution in [0, 0.1) is 19.8 Å². The van der Waals surface area contributed by atoms with Gasteiger partial charge in [-0.3, -0.25) is 9.59 Å². The quantitative estimate of drug-likeness (QED) is 0.822. The third-order valence-electron chi connectivity index (χ3n) is 4.22. The van der Waals surface area contributed by atoms with Gasteiger partial charge in [0.2, 0.25) is 11.8 Å². The number of nitrogens with one attached hydrogen (secondary N) is 1. The van der Waals surface area contributed by atoms with E-state index in [1.807, 2.05) is 13.8 Å². The standard InChI is InChI=1S/C16H20F3N3O2S/c1-4-14(23)21-13-8-22(6-5-11(13)16(17,18)19)15(24)7-12-9(2)25-10(3)20-12/h4,11,13H,1,5-8H2,2-3H3,(H,21,23). The van der Waals surface area contributed by atoms with Crippen molar-refractivity contribution in [2.75, 3.05) is 13.1 Å². The Labute approximate surface area is 147 Å². The number of halogens is 3. The molecule has 0 aliphatic carbocycles. The Morgan fingerprint density at radius 3 is 2.64 bits per heavy atom. The van der Waals surface area contributed by atoms with E-state index in [9.17, 15) is 22.8 Å². The molecule has 1 aliphatic heterocycles. The van der Waals surface area contributed by atoms with E-state index < -0.39 is 24.0 Å². The normalized spacial score (nSPS) is 21.1. The van der Waals surface area contributed by atoms with Gasteiger partial charge in [0.25, 0.3) is 0 Å². The minimum Gasteiger partial charge on any atom is -0.347 e. The highest BCUT2D eigenvalue weighted by molar-refractivity contribution is 7.11. The van der Waals surface area contributed by atoms with E-state index in [1.165, 1.54) is 16.2 Å². The fourth-order valence-corrected chi connectivity index (χ4v) is 3.78. The first-order chi connectivity index (χ1) is 11.6. The number of likely N-dealkylation sites (tertiary alicyclic amines) is 1. The molecule has 0 bridgehead atoms. The number of thiazole rings is 1. The number of hydrogen-bond donors (Lipinski definition) is 1. The fraction of sp³-hybridized carbons (Fsp3) is 0.562. The zero-order valence-electron chi connectivity index (χ0n) is 14.0. The summed E-state index contributed by atoms with van der Waals surface area (Å²) in [5, 5.41) is 3.14. The summed E-state index contributed by atoms with van der Waals surface area (Å²) in [6, 6.07) is -1.18. The molecule has 5 nitrogen and oxygen atoms in total. The molecule has 1 saturated heterocycles. The van der Waals surface area contributed by atoms with Crippen molar-refractivity contribution < 1.29 is 22.8 Å². The highest BCUT2D eigenvalue weighted by Crippen LogP contribution is 2.34. The van der Waals surface area contributed by atoms with Gasteiger partial charge < -0.3 is 10.2 Å². The number of carbonyl (C=O) groups is 2. The lowest BCUT2D eigenvalue weighted by Crippen LogP contribution is -2.57. The summed E-state index contributed by atoms with van der Waals surface area (Å²) in [6.07, 6.45) is -3.70. The average molecular weight is 375 g/mol. The summed E-state index contributed by atoms with van der Waals surface area (Å²) in [6.45, 7) is 6.78. The fourth-order valence-electron chi connectivity index (χ4n) is 2.95. The zero-order chi connectivity index (χ0) is 18.8. The van der Waals surface area contributed by atoms with E-state index in [2.05, 4.69) is 16.9 Å². The van der Waals surface area contributed by atoms with Crippen LogP contribution in [-0.2, 0) is 16.0 Å². The third-order valence-corrected chi connectivity index (χ3v) is 5.15. The Bertz CT molecular complexity index is 672. The topological polar surface area (TPSA) is 62.3 Å². The van der Waals surface area contributed by atoms with Gasteiger partial charge in [0.05, 0.1) is 29.1 Å². The largest absolute Gasteiger partial charge is 0.393 e. The molecular formula is C16H20F3N3O2S. The number of aryl methyl sites for hydroxylation is 2. The molecule has 2 atom stereocenters. The maximum absolute atomic E-state index is 13.2. The van der Waals surface area contributed by atoms with Crippen LogP contribution in [0.25, 0.3) is 0 Å². The Kier molecular flexibility index (Phi) is 5.87. The van der Waals surface area contributed by atoms with Gasteiger partial charge in [0.15, 0.2) is 0 Å². The zero-order valence-corrected chi connectivity index (χ0v) is 14.8. The van der Waals surface area contributed by atoms with E-state index in [1.54, 1.807) is 0 Å². The molecule has 9 heteroatoms. The predicted molar refractivity (Wildman–Crippen MR) is 88.2 cm³/mol. The molecule has 1 aromatic heterocycles. The number of alkyl halides is 3. The maximum atomic E-state index is 13.2. The summed E-state index contributed by atoms with van der Waals surface area (Å²) in [4.78, 5) is 30.5. The highest BCUT2D eigenvalue weighted by atomic mass is 32.1. The van der Waals surface area contributed by atoms with Crippen LogP contribution < -0.4 is 5.32 Å². The minimum atomic E-state index is -4.43. The van der Waals surface area contributed by atoms with Crippen molar-refractivity contribution in [1.82, 2.24) is 15.2 Å². The van der Waals surface area contributed by atoms with Crippen LogP contribution >= 0.6 is 11.3 Å². The van der Waals surface area contributed by atoms with Crippen LogP contribution in [-0.4, -0.2) is 47.0 Å². The van der Waals surface area contributed by atoms with E-state index in [-0.39, 0.29) is 31.8 Å². The molecule has 2 unspecified atom stereocenters. The molecule has 1 aromatic rings. The molecule has 1 N–H and O–H groups in total. The second kappa shape index (κ2) is 7.55. The number of amides is 2. The second-order valence-electron chi connectivity index (χ2n) is 6.01. The molecule has 1 fully saturated rings. The van der Waals surface area contributed by atoms with Crippen LogP contribution in [0.2, 0.25) is 0 Å². The smallest absolute Gasteiger partial charge is 0.347 e. The number of piperidine rings is 1. The van der Waals surface area contributed by atoms with E-state index in [4.69, 9.17) is 0 Å². The lowest BCUT2D eigenvalue weighted by molar-refractivity contribution is -0.193. The van der Waals surface area contributed by atoms with Crippen LogP contribution in [0.15, 0.2) is 12.7 Å². The van der Waals surface area contributed by atoms with Crippen LogP contribution in [0.3, 0.4) is 0 Å². The van der Waals surface area contributed by atoms with E-state index >= 15 is 0 Å². The van der Waals surface area contributed by atoms with Gasteiger partial charge in [-0.1, -0.05) is 6.58 Å². The van der Waals surface area contributed by atoms with Gasteiger partial charge >= 0.3 is 6.18 Å². The highest BCUT2D eigenvalue weighted by Gasteiger charge is 2.48. The molecule has 2 rings (SSSR count). The van der Waals surface area contributed by atoms with Crippen LogP contribution in [0.4, 0.5) is 13.2 Å². The first-order valence-electron chi connectivity index (χ1n) is 7.82. The Balaban J connectivity index is 2.10. The molecule has 0 radical (unpaired) electrons. The summed E-state index contributed by atoms with van der Waals surface area (Å²) in [5.41, 5.74) is 0.650. The Hall–Kier alpha value is -1.90. The summed E-state index contributed by atoms with van der Waals surface area (Å²) >= 11 is 1.47. The van der Waals surface area contributed by atoms with Crippen LogP contribution in [0.5, 0.6) is 0 Å².